The fourth-order valence-corrected chi connectivity index (χ4v) is 2.02. The number of hydrogen-bond acceptors (Lipinski definition) is 2. The zero-order valence-corrected chi connectivity index (χ0v) is 12.0. The van der Waals surface area contributed by atoms with Gasteiger partial charge in [0.2, 0.25) is 0 Å². The molecule has 0 amide bonds. The molecule has 0 radical (unpaired) electrons. The summed E-state index contributed by atoms with van der Waals surface area (Å²) in [6.45, 7) is 3.78. The second-order valence-corrected chi connectivity index (χ2v) is 4.85. The van der Waals surface area contributed by atoms with Crippen LogP contribution in [0.5, 0.6) is 0 Å². The lowest BCUT2D eigenvalue weighted by molar-refractivity contribution is 0.741. The van der Waals surface area contributed by atoms with Crippen LogP contribution in [0.3, 0.4) is 0 Å². The van der Waals surface area contributed by atoms with Crippen LogP contribution in [-0.4, -0.2) is 29.0 Å². The topological polar surface area (TPSA) is 79.1 Å². The number of H-pyrrole nitrogens is 1. The van der Waals surface area contributed by atoms with E-state index in [1.807, 2.05) is 24.3 Å². The Balaban J connectivity index is 1.74. The van der Waals surface area contributed by atoms with Crippen molar-refractivity contribution in [2.75, 3.05) is 13.1 Å². The smallest absolute Gasteiger partial charge is 0.188 e. The Labute approximate surface area is 119 Å². The van der Waals surface area contributed by atoms with Crippen molar-refractivity contribution < 1.29 is 0 Å². The van der Waals surface area contributed by atoms with Gasteiger partial charge in [-0.05, 0) is 25.0 Å². The number of nitrogens with one attached hydrogen (secondary N) is 2. The Kier molecular flexibility index (Phi) is 5.41. The third-order valence-corrected chi connectivity index (χ3v) is 3.13. The summed E-state index contributed by atoms with van der Waals surface area (Å²) in [5.74, 6) is 1.56. The quantitative estimate of drug-likeness (QED) is 0.411. The van der Waals surface area contributed by atoms with Gasteiger partial charge in [0.05, 0.1) is 11.0 Å². The number of hydrogen-bond donors (Lipinski definition) is 3. The van der Waals surface area contributed by atoms with Crippen LogP contribution in [0.15, 0.2) is 29.3 Å². The van der Waals surface area contributed by atoms with Crippen molar-refractivity contribution >= 4 is 17.0 Å². The van der Waals surface area contributed by atoms with Crippen molar-refractivity contribution in [3.8, 4) is 0 Å². The molecule has 1 heterocycles. The number of imidazole rings is 1. The third kappa shape index (κ3) is 4.26. The van der Waals surface area contributed by atoms with E-state index in [1.165, 1.54) is 0 Å². The predicted molar refractivity (Wildman–Crippen MR) is 83.8 cm³/mol. The lowest BCUT2D eigenvalue weighted by Gasteiger charge is -2.03. The number of benzene rings is 1. The van der Waals surface area contributed by atoms with Gasteiger partial charge in [0.25, 0.3) is 0 Å². The van der Waals surface area contributed by atoms with E-state index in [2.05, 4.69) is 27.2 Å². The molecule has 4 N–H and O–H groups in total. The van der Waals surface area contributed by atoms with E-state index in [1.54, 1.807) is 0 Å². The monoisotopic (exact) mass is 273 g/mol. The molecule has 2 aromatic rings. The largest absolute Gasteiger partial charge is 0.370 e. The number of nitrogens with two attached hydrogens (primary N) is 1. The summed E-state index contributed by atoms with van der Waals surface area (Å²) in [7, 11) is 0. The minimum atomic E-state index is 0.544. The summed E-state index contributed by atoms with van der Waals surface area (Å²) in [6.07, 6.45) is 4.11. The van der Waals surface area contributed by atoms with Crippen LogP contribution in [0.1, 0.15) is 32.0 Å². The molecule has 108 valence electrons. The number of fused-ring (bicyclic) bond motifs is 1. The van der Waals surface area contributed by atoms with Gasteiger partial charge in [0.1, 0.15) is 5.82 Å². The first-order valence-electron chi connectivity index (χ1n) is 7.27. The van der Waals surface area contributed by atoms with Crippen LogP contribution < -0.4 is 11.1 Å². The van der Waals surface area contributed by atoms with Gasteiger partial charge in [-0.2, -0.15) is 0 Å². The minimum absolute atomic E-state index is 0.544. The van der Waals surface area contributed by atoms with Gasteiger partial charge in [0, 0.05) is 19.5 Å². The van der Waals surface area contributed by atoms with Crippen LogP contribution in [0, 0.1) is 0 Å². The Morgan fingerprint density at radius 2 is 2.20 bits per heavy atom. The molecule has 5 heteroatoms. The fraction of sp³-hybridized carbons (Fsp3) is 0.467. The molecule has 5 nitrogen and oxygen atoms in total. The molecule has 2 rings (SSSR count). The lowest BCUT2D eigenvalue weighted by Crippen LogP contribution is -2.32. The molecule has 0 saturated heterocycles. The van der Waals surface area contributed by atoms with E-state index in [9.17, 15) is 0 Å². The molecule has 0 saturated carbocycles. The van der Waals surface area contributed by atoms with E-state index in [0.717, 1.165) is 55.6 Å². The molecule has 0 fully saturated rings. The summed E-state index contributed by atoms with van der Waals surface area (Å²) in [5.41, 5.74) is 7.88. The summed E-state index contributed by atoms with van der Waals surface area (Å²) < 4.78 is 0. The number of unbranched alkanes of at least 4 members (excludes halogenated alkanes) is 1. The van der Waals surface area contributed by atoms with Gasteiger partial charge in [-0.1, -0.05) is 25.5 Å². The van der Waals surface area contributed by atoms with Crippen LogP contribution >= 0.6 is 0 Å². The van der Waals surface area contributed by atoms with Crippen molar-refractivity contribution in [2.24, 2.45) is 10.7 Å². The average Bonchev–Trinajstić information content (AvgIpc) is 2.86. The molecule has 0 atom stereocenters. The number of aromatic amines is 1. The highest BCUT2D eigenvalue weighted by atomic mass is 15.1. The number of aromatic nitrogens is 2. The maximum atomic E-state index is 5.77. The van der Waals surface area contributed by atoms with Gasteiger partial charge in [-0.25, -0.2) is 4.98 Å². The molecular formula is C15H23N5. The van der Waals surface area contributed by atoms with E-state index < -0.39 is 0 Å². The zero-order valence-electron chi connectivity index (χ0n) is 12.0. The molecule has 0 bridgehead atoms. The van der Waals surface area contributed by atoms with Gasteiger partial charge < -0.3 is 16.0 Å². The molecule has 0 aliphatic heterocycles. The summed E-state index contributed by atoms with van der Waals surface area (Å²) in [6, 6.07) is 8.07. The van der Waals surface area contributed by atoms with Gasteiger partial charge in [0.15, 0.2) is 5.96 Å². The van der Waals surface area contributed by atoms with Gasteiger partial charge >= 0.3 is 0 Å². The maximum absolute atomic E-state index is 5.77. The number of aryl methyl sites for hydroxylation is 1. The summed E-state index contributed by atoms with van der Waals surface area (Å²) >= 11 is 0. The van der Waals surface area contributed by atoms with E-state index in [-0.39, 0.29) is 0 Å². The highest BCUT2D eigenvalue weighted by molar-refractivity contribution is 5.77. The molecule has 1 aromatic carbocycles. The summed E-state index contributed by atoms with van der Waals surface area (Å²) in [5, 5.41) is 3.11. The Morgan fingerprint density at radius 3 is 3.00 bits per heavy atom. The van der Waals surface area contributed by atoms with Crippen LogP contribution in [-0.2, 0) is 6.42 Å². The van der Waals surface area contributed by atoms with E-state index in [0.29, 0.717) is 5.96 Å². The molecule has 1 aromatic heterocycles. The standard InChI is InChI=1S/C15H23N5/c1-2-3-10-17-15(16)18-11-6-9-14-19-12-7-4-5-8-13(12)20-14/h4-5,7-8H,2-3,6,9-11H2,1H3,(H,19,20)(H3,16,17,18). The minimum Gasteiger partial charge on any atom is -0.370 e. The molecule has 0 aliphatic carbocycles. The van der Waals surface area contributed by atoms with E-state index in [4.69, 9.17) is 5.73 Å². The maximum Gasteiger partial charge on any atom is 0.188 e. The highest BCUT2D eigenvalue weighted by Gasteiger charge is 2.01. The van der Waals surface area contributed by atoms with Crippen LogP contribution in [0.4, 0.5) is 0 Å². The third-order valence-electron chi connectivity index (χ3n) is 3.13. The number of guanidine groups is 1. The van der Waals surface area contributed by atoms with Crippen molar-refractivity contribution in [3.63, 3.8) is 0 Å². The molecule has 0 aliphatic rings. The number of para-hydroxylation sites is 2. The second-order valence-electron chi connectivity index (χ2n) is 4.85. The normalized spacial score (nSPS) is 11.9. The SMILES string of the molecule is CCCCNC(N)=NCCCc1nc2ccccc2[nH]1. The first kappa shape index (κ1) is 14.4. The lowest BCUT2D eigenvalue weighted by atomic mass is 10.3. The highest BCUT2D eigenvalue weighted by Crippen LogP contribution is 2.11. The first-order chi connectivity index (χ1) is 9.79. The first-order valence-corrected chi connectivity index (χ1v) is 7.27. The molecular weight excluding hydrogens is 250 g/mol. The number of rotatable bonds is 7. The van der Waals surface area contributed by atoms with Crippen LogP contribution in [0.25, 0.3) is 11.0 Å². The summed E-state index contributed by atoms with van der Waals surface area (Å²) in [4.78, 5) is 12.2. The van der Waals surface area contributed by atoms with Crippen LogP contribution in [0.2, 0.25) is 0 Å². The van der Waals surface area contributed by atoms with Gasteiger partial charge in [-0.15, -0.1) is 0 Å². The predicted octanol–water partition coefficient (Wildman–Crippen LogP) is 2.20. The zero-order chi connectivity index (χ0) is 14.2. The second kappa shape index (κ2) is 7.53. The van der Waals surface area contributed by atoms with Crippen molar-refractivity contribution in [3.05, 3.63) is 30.1 Å². The number of nitrogens with zero attached hydrogens (tertiary/aromatic N) is 2. The van der Waals surface area contributed by atoms with Gasteiger partial charge in [-0.3, -0.25) is 4.99 Å². The van der Waals surface area contributed by atoms with E-state index >= 15 is 0 Å². The van der Waals surface area contributed by atoms with Crippen molar-refractivity contribution in [2.45, 2.75) is 32.6 Å². The Hall–Kier alpha value is -2.04. The Morgan fingerprint density at radius 1 is 1.35 bits per heavy atom. The molecule has 0 spiro atoms. The van der Waals surface area contributed by atoms with Crippen molar-refractivity contribution in [1.82, 2.24) is 15.3 Å². The average molecular weight is 273 g/mol. The van der Waals surface area contributed by atoms with Crippen molar-refractivity contribution in [1.29, 1.82) is 0 Å². The fourth-order valence-electron chi connectivity index (χ4n) is 2.02. The molecule has 20 heavy (non-hydrogen) atoms. The molecule has 0 unspecified atom stereocenters. The Bertz CT molecular complexity index is 525. The number of aliphatic imine (C=N–C) groups is 1.